The minimum Gasteiger partial charge on any atom is -0.494 e. The predicted octanol–water partition coefficient (Wildman–Crippen LogP) is 3.41. The molecule has 0 fully saturated rings. The Morgan fingerprint density at radius 2 is 2.04 bits per heavy atom. The molecule has 3 aromatic rings. The fourth-order valence-electron chi connectivity index (χ4n) is 2.29. The van der Waals surface area contributed by atoms with Crippen molar-refractivity contribution in [2.24, 2.45) is 0 Å². The van der Waals surface area contributed by atoms with Gasteiger partial charge in [0.2, 0.25) is 0 Å². The third-order valence-corrected chi connectivity index (χ3v) is 4.33. The molecule has 0 bridgehead atoms. The fraction of sp³-hybridized carbons (Fsp3) is 0.176. The molecule has 2 aromatic carbocycles. The number of nitrogens with zero attached hydrogens (tertiary/aromatic N) is 4. The molecule has 9 heteroatoms. The number of rotatable bonds is 6. The molecular weight excluding hydrogens is 422 g/mol. The second-order valence-electron chi connectivity index (χ2n) is 5.24. The Hall–Kier alpha value is -2.45. The molecule has 26 heavy (non-hydrogen) atoms. The van der Waals surface area contributed by atoms with Crippen molar-refractivity contribution in [1.82, 2.24) is 25.5 Å². The average molecular weight is 437 g/mol. The molecule has 0 radical (unpaired) electrons. The van der Waals surface area contributed by atoms with Crippen LogP contribution in [0.15, 0.2) is 46.9 Å². The Morgan fingerprint density at radius 3 is 2.77 bits per heavy atom. The number of hydrogen-bond donors (Lipinski definition) is 1. The Bertz CT molecular complexity index is 914. The summed E-state index contributed by atoms with van der Waals surface area (Å²) in [5.41, 5.74) is 1.14. The van der Waals surface area contributed by atoms with E-state index in [-0.39, 0.29) is 12.5 Å². The molecule has 0 saturated carbocycles. The van der Waals surface area contributed by atoms with E-state index in [1.807, 2.05) is 31.2 Å². The number of carbonyl (C=O) groups is 1. The van der Waals surface area contributed by atoms with Crippen LogP contribution in [0.5, 0.6) is 5.75 Å². The van der Waals surface area contributed by atoms with Gasteiger partial charge in [-0.3, -0.25) is 4.79 Å². The van der Waals surface area contributed by atoms with Gasteiger partial charge in [0.25, 0.3) is 5.91 Å². The lowest BCUT2D eigenvalue weighted by Crippen LogP contribution is -2.25. The zero-order chi connectivity index (χ0) is 18.5. The van der Waals surface area contributed by atoms with Gasteiger partial charge in [0.1, 0.15) is 5.75 Å². The van der Waals surface area contributed by atoms with E-state index < -0.39 is 0 Å². The fourth-order valence-corrected chi connectivity index (χ4v) is 2.86. The van der Waals surface area contributed by atoms with Crippen LogP contribution in [0.4, 0.5) is 0 Å². The highest BCUT2D eigenvalue weighted by Crippen LogP contribution is 2.21. The Morgan fingerprint density at radius 1 is 1.27 bits per heavy atom. The number of ether oxygens (including phenoxy) is 1. The molecule has 3 rings (SSSR count). The normalized spacial score (nSPS) is 10.6. The molecule has 1 heterocycles. The van der Waals surface area contributed by atoms with Crippen molar-refractivity contribution < 1.29 is 9.53 Å². The number of tetrazole rings is 1. The molecule has 0 atom stereocenters. The molecule has 0 unspecified atom stereocenters. The predicted molar refractivity (Wildman–Crippen MR) is 101 cm³/mol. The maximum absolute atomic E-state index is 12.4. The van der Waals surface area contributed by atoms with Gasteiger partial charge in [-0.25, -0.2) is 0 Å². The van der Waals surface area contributed by atoms with E-state index in [9.17, 15) is 4.79 Å². The second kappa shape index (κ2) is 8.29. The number of aromatic nitrogens is 4. The van der Waals surface area contributed by atoms with Gasteiger partial charge in [0.05, 0.1) is 29.4 Å². The summed E-state index contributed by atoms with van der Waals surface area (Å²) >= 11 is 9.41. The number of benzene rings is 2. The van der Waals surface area contributed by atoms with Gasteiger partial charge in [-0.2, -0.15) is 4.68 Å². The van der Waals surface area contributed by atoms with E-state index in [1.54, 1.807) is 22.9 Å². The van der Waals surface area contributed by atoms with Crippen molar-refractivity contribution in [3.05, 3.63) is 63.3 Å². The van der Waals surface area contributed by atoms with Gasteiger partial charge in [0.15, 0.2) is 5.82 Å². The first-order valence-corrected chi connectivity index (χ1v) is 8.99. The standard InChI is InChI=1S/C17H15BrClN5O2/c1-2-26-13-6-4-12(5-7-13)24-16(21-22-23-24)10-20-17(25)14-9-11(18)3-8-15(14)19/h3-9H,2,10H2,1H3,(H,20,25). The molecule has 134 valence electrons. The first-order valence-electron chi connectivity index (χ1n) is 7.82. The zero-order valence-corrected chi connectivity index (χ0v) is 16.2. The van der Waals surface area contributed by atoms with Crippen LogP contribution >= 0.6 is 27.5 Å². The minimum absolute atomic E-state index is 0.155. The smallest absolute Gasteiger partial charge is 0.253 e. The quantitative estimate of drug-likeness (QED) is 0.640. The van der Waals surface area contributed by atoms with E-state index in [1.165, 1.54) is 0 Å². The van der Waals surface area contributed by atoms with E-state index in [2.05, 4.69) is 36.8 Å². The molecule has 1 aromatic heterocycles. The zero-order valence-electron chi connectivity index (χ0n) is 13.8. The van der Waals surface area contributed by atoms with Gasteiger partial charge in [-0.15, -0.1) is 5.10 Å². The van der Waals surface area contributed by atoms with Crippen molar-refractivity contribution >= 4 is 33.4 Å². The first kappa shape index (κ1) is 18.3. The van der Waals surface area contributed by atoms with E-state index in [4.69, 9.17) is 16.3 Å². The van der Waals surface area contributed by atoms with Crippen LogP contribution < -0.4 is 10.1 Å². The summed E-state index contributed by atoms with van der Waals surface area (Å²) in [5.74, 6) is 0.953. The highest BCUT2D eigenvalue weighted by Gasteiger charge is 2.14. The molecule has 1 N–H and O–H groups in total. The van der Waals surface area contributed by atoms with E-state index in [0.717, 1.165) is 15.9 Å². The number of amides is 1. The Balaban J connectivity index is 1.73. The van der Waals surface area contributed by atoms with E-state index >= 15 is 0 Å². The van der Waals surface area contributed by atoms with Crippen molar-refractivity contribution in [3.63, 3.8) is 0 Å². The van der Waals surface area contributed by atoms with Crippen LogP contribution in [0.2, 0.25) is 5.02 Å². The SMILES string of the molecule is CCOc1ccc(-n2nnnc2CNC(=O)c2cc(Br)ccc2Cl)cc1. The molecule has 7 nitrogen and oxygen atoms in total. The lowest BCUT2D eigenvalue weighted by molar-refractivity contribution is 0.0949. The van der Waals surface area contributed by atoms with Crippen LogP contribution in [0.1, 0.15) is 23.1 Å². The van der Waals surface area contributed by atoms with Gasteiger partial charge in [0, 0.05) is 4.47 Å². The number of halogens is 2. The number of hydrogen-bond acceptors (Lipinski definition) is 5. The van der Waals surface area contributed by atoms with Crippen LogP contribution in [-0.2, 0) is 6.54 Å². The molecule has 0 aliphatic rings. The molecule has 0 aliphatic heterocycles. The lowest BCUT2D eigenvalue weighted by Gasteiger charge is -2.09. The average Bonchev–Trinajstić information content (AvgIpc) is 3.11. The van der Waals surface area contributed by atoms with Crippen LogP contribution in [0.3, 0.4) is 0 Å². The molecule has 0 aliphatic carbocycles. The monoisotopic (exact) mass is 435 g/mol. The maximum Gasteiger partial charge on any atom is 0.253 e. The van der Waals surface area contributed by atoms with Crippen LogP contribution in [0, 0.1) is 0 Å². The van der Waals surface area contributed by atoms with Crippen molar-refractivity contribution in [2.75, 3.05) is 6.61 Å². The first-order chi connectivity index (χ1) is 12.6. The van der Waals surface area contributed by atoms with Gasteiger partial charge in [-0.05, 0) is 59.8 Å². The van der Waals surface area contributed by atoms with Crippen LogP contribution in [0.25, 0.3) is 5.69 Å². The summed E-state index contributed by atoms with van der Waals surface area (Å²) in [5, 5.41) is 14.8. The van der Waals surface area contributed by atoms with Crippen molar-refractivity contribution in [3.8, 4) is 11.4 Å². The highest BCUT2D eigenvalue weighted by molar-refractivity contribution is 9.10. The maximum atomic E-state index is 12.4. The highest BCUT2D eigenvalue weighted by atomic mass is 79.9. The molecule has 0 saturated heterocycles. The summed E-state index contributed by atoms with van der Waals surface area (Å²) < 4.78 is 7.75. The summed E-state index contributed by atoms with van der Waals surface area (Å²) in [7, 11) is 0. The summed E-state index contributed by atoms with van der Waals surface area (Å²) in [6.45, 7) is 2.68. The van der Waals surface area contributed by atoms with Crippen LogP contribution in [-0.4, -0.2) is 32.7 Å². The summed E-state index contributed by atoms with van der Waals surface area (Å²) in [4.78, 5) is 12.4. The van der Waals surface area contributed by atoms with Crippen molar-refractivity contribution in [1.29, 1.82) is 0 Å². The third-order valence-electron chi connectivity index (χ3n) is 3.51. The third kappa shape index (κ3) is 4.20. The molecule has 1 amide bonds. The van der Waals surface area contributed by atoms with Gasteiger partial charge < -0.3 is 10.1 Å². The minimum atomic E-state index is -0.308. The number of carbonyl (C=O) groups excluding carboxylic acids is 1. The summed E-state index contributed by atoms with van der Waals surface area (Å²) in [6, 6.07) is 12.5. The number of nitrogens with one attached hydrogen (secondary N) is 1. The Labute approximate surface area is 163 Å². The van der Waals surface area contributed by atoms with E-state index in [0.29, 0.717) is 23.0 Å². The van der Waals surface area contributed by atoms with Crippen molar-refractivity contribution in [2.45, 2.75) is 13.5 Å². The lowest BCUT2D eigenvalue weighted by atomic mass is 10.2. The topological polar surface area (TPSA) is 81.9 Å². The molecular formula is C17H15BrClN5O2. The Kier molecular flexibility index (Phi) is 5.85. The largest absolute Gasteiger partial charge is 0.494 e. The van der Waals surface area contributed by atoms with Gasteiger partial charge in [-0.1, -0.05) is 27.5 Å². The summed E-state index contributed by atoms with van der Waals surface area (Å²) in [6.07, 6.45) is 0. The molecule has 0 spiro atoms. The second-order valence-corrected chi connectivity index (χ2v) is 6.56. The van der Waals surface area contributed by atoms with Gasteiger partial charge >= 0.3 is 0 Å².